The van der Waals surface area contributed by atoms with Gasteiger partial charge < -0.3 is 15.3 Å². The van der Waals surface area contributed by atoms with Crippen molar-refractivity contribution in [1.29, 1.82) is 0 Å². The summed E-state index contributed by atoms with van der Waals surface area (Å²) in [5.41, 5.74) is 2.00. The Morgan fingerprint density at radius 2 is 2.23 bits per heavy atom. The predicted molar refractivity (Wildman–Crippen MR) is 95.7 cm³/mol. The minimum absolute atomic E-state index is 0.00493. The van der Waals surface area contributed by atoms with Crippen LogP contribution < -0.4 is 10.2 Å². The summed E-state index contributed by atoms with van der Waals surface area (Å²) in [6, 6.07) is 4.10. The van der Waals surface area contributed by atoms with Crippen LogP contribution in [0.3, 0.4) is 0 Å². The van der Waals surface area contributed by atoms with Crippen molar-refractivity contribution in [2.24, 2.45) is 0 Å². The van der Waals surface area contributed by atoms with Gasteiger partial charge in [-0.1, -0.05) is 0 Å². The van der Waals surface area contributed by atoms with E-state index in [1.54, 1.807) is 17.2 Å². The second kappa shape index (κ2) is 7.03. The second-order valence-corrected chi connectivity index (χ2v) is 7.25. The lowest BCUT2D eigenvalue weighted by atomic mass is 9.78. The van der Waals surface area contributed by atoms with Crippen molar-refractivity contribution < 1.29 is 9.90 Å². The number of aliphatic hydroxyl groups is 1. The van der Waals surface area contributed by atoms with Gasteiger partial charge in [0.05, 0.1) is 6.10 Å². The third kappa shape index (κ3) is 3.55. The predicted octanol–water partition coefficient (Wildman–Crippen LogP) is 0.615. The van der Waals surface area contributed by atoms with Crippen LogP contribution in [0.2, 0.25) is 0 Å². The molecule has 2 aliphatic rings. The summed E-state index contributed by atoms with van der Waals surface area (Å²) in [4.78, 5) is 23.0. The topological polar surface area (TPSA) is 96.2 Å². The van der Waals surface area contributed by atoms with E-state index in [-0.39, 0.29) is 24.6 Å². The molecule has 4 rings (SSSR count). The van der Waals surface area contributed by atoms with Gasteiger partial charge in [0.15, 0.2) is 0 Å². The molecule has 1 amide bonds. The molecule has 2 fully saturated rings. The molecule has 0 unspecified atom stereocenters. The molecule has 0 spiro atoms. The lowest BCUT2D eigenvalue weighted by Gasteiger charge is -2.35. The van der Waals surface area contributed by atoms with E-state index in [1.807, 2.05) is 19.1 Å². The molecular weight excluding hydrogens is 332 g/mol. The lowest BCUT2D eigenvalue weighted by molar-refractivity contribution is -0.123. The van der Waals surface area contributed by atoms with Gasteiger partial charge in [0, 0.05) is 48.7 Å². The molecular formula is C18H24N6O2. The SMILES string of the molecule is Cc1ccnn1CC(=O)NC1CC(c2cc(N3CC[C@@H](O)C3)ncn2)C1. The van der Waals surface area contributed by atoms with Crippen LogP contribution >= 0.6 is 0 Å². The fourth-order valence-electron chi connectivity index (χ4n) is 3.66. The summed E-state index contributed by atoms with van der Waals surface area (Å²) < 4.78 is 1.70. The van der Waals surface area contributed by atoms with Gasteiger partial charge in [0.1, 0.15) is 18.7 Å². The van der Waals surface area contributed by atoms with Crippen LogP contribution in [0.5, 0.6) is 0 Å². The van der Waals surface area contributed by atoms with Crippen LogP contribution in [0.1, 0.15) is 36.6 Å². The molecule has 2 aromatic heterocycles. The molecule has 1 saturated heterocycles. The quantitative estimate of drug-likeness (QED) is 0.815. The number of aromatic nitrogens is 4. The number of rotatable bonds is 5. The molecule has 138 valence electrons. The van der Waals surface area contributed by atoms with Crippen molar-refractivity contribution in [2.45, 2.75) is 50.8 Å². The molecule has 2 N–H and O–H groups in total. The van der Waals surface area contributed by atoms with Crippen molar-refractivity contribution in [3.05, 3.63) is 36.0 Å². The Morgan fingerprint density at radius 3 is 2.92 bits per heavy atom. The summed E-state index contributed by atoms with van der Waals surface area (Å²) >= 11 is 0. The molecule has 0 aromatic carbocycles. The number of hydrogen-bond donors (Lipinski definition) is 2. The van der Waals surface area contributed by atoms with Crippen LogP contribution in [-0.2, 0) is 11.3 Å². The van der Waals surface area contributed by atoms with Gasteiger partial charge in [-0.3, -0.25) is 9.48 Å². The number of carbonyl (C=O) groups excluding carboxylic acids is 1. The van der Waals surface area contributed by atoms with Gasteiger partial charge in [-0.15, -0.1) is 0 Å². The Balaban J connectivity index is 1.29. The number of nitrogens with one attached hydrogen (secondary N) is 1. The molecule has 8 heteroatoms. The van der Waals surface area contributed by atoms with Gasteiger partial charge in [0.25, 0.3) is 0 Å². The van der Waals surface area contributed by atoms with E-state index in [0.717, 1.165) is 43.0 Å². The van der Waals surface area contributed by atoms with E-state index in [0.29, 0.717) is 12.5 Å². The maximum absolute atomic E-state index is 12.1. The molecule has 1 atom stereocenters. The van der Waals surface area contributed by atoms with Gasteiger partial charge in [-0.2, -0.15) is 5.10 Å². The highest BCUT2D eigenvalue weighted by Gasteiger charge is 2.33. The smallest absolute Gasteiger partial charge is 0.241 e. The van der Waals surface area contributed by atoms with E-state index < -0.39 is 0 Å². The molecule has 26 heavy (non-hydrogen) atoms. The molecule has 8 nitrogen and oxygen atoms in total. The first-order chi connectivity index (χ1) is 12.6. The van der Waals surface area contributed by atoms with E-state index >= 15 is 0 Å². The zero-order valence-corrected chi connectivity index (χ0v) is 14.9. The van der Waals surface area contributed by atoms with Crippen molar-refractivity contribution in [1.82, 2.24) is 25.1 Å². The third-order valence-corrected chi connectivity index (χ3v) is 5.30. The standard InChI is InChI=1S/C18H24N6O2/c1-12-2-4-21-24(12)10-18(26)22-14-6-13(7-14)16-8-17(20-11-19-16)23-5-3-15(25)9-23/h2,4,8,11,13-15,25H,3,5-7,9-10H2,1H3,(H,22,26)/t13?,14?,15-/m1/s1. The van der Waals surface area contributed by atoms with Gasteiger partial charge in [-0.25, -0.2) is 9.97 Å². The van der Waals surface area contributed by atoms with Gasteiger partial charge >= 0.3 is 0 Å². The van der Waals surface area contributed by atoms with E-state index in [1.165, 1.54) is 0 Å². The maximum Gasteiger partial charge on any atom is 0.241 e. The second-order valence-electron chi connectivity index (χ2n) is 7.25. The summed E-state index contributed by atoms with van der Waals surface area (Å²) in [6.45, 7) is 3.65. The van der Waals surface area contributed by atoms with Gasteiger partial charge in [-0.05, 0) is 32.3 Å². The minimum Gasteiger partial charge on any atom is -0.391 e. The Bertz CT molecular complexity index is 785. The lowest BCUT2D eigenvalue weighted by Crippen LogP contribution is -2.45. The first-order valence-electron chi connectivity index (χ1n) is 9.11. The molecule has 1 aliphatic heterocycles. The number of aliphatic hydroxyl groups excluding tert-OH is 1. The number of carbonyl (C=O) groups is 1. The van der Waals surface area contributed by atoms with E-state index in [9.17, 15) is 9.90 Å². The number of β-amino-alcohol motifs (C(OH)–C–C–N with tert-alkyl or cyclic N) is 1. The number of hydrogen-bond acceptors (Lipinski definition) is 6. The number of nitrogens with zero attached hydrogens (tertiary/aromatic N) is 5. The Labute approximate surface area is 152 Å². The molecule has 1 saturated carbocycles. The van der Waals surface area contributed by atoms with Crippen molar-refractivity contribution in [3.63, 3.8) is 0 Å². The van der Waals surface area contributed by atoms with Crippen molar-refractivity contribution >= 4 is 11.7 Å². The van der Waals surface area contributed by atoms with Crippen LogP contribution in [0.15, 0.2) is 24.7 Å². The number of amides is 1. The fourth-order valence-corrected chi connectivity index (χ4v) is 3.66. The minimum atomic E-state index is -0.268. The molecule has 3 heterocycles. The molecule has 2 aromatic rings. The Hall–Kier alpha value is -2.48. The highest BCUT2D eigenvalue weighted by atomic mass is 16.3. The van der Waals surface area contributed by atoms with E-state index in [2.05, 4.69) is 25.3 Å². The van der Waals surface area contributed by atoms with Crippen molar-refractivity contribution in [3.8, 4) is 0 Å². The largest absolute Gasteiger partial charge is 0.391 e. The normalized spacial score (nSPS) is 25.2. The summed E-state index contributed by atoms with van der Waals surface area (Å²) in [5.74, 6) is 1.23. The fraction of sp³-hybridized carbons (Fsp3) is 0.556. The van der Waals surface area contributed by atoms with E-state index in [4.69, 9.17) is 0 Å². The maximum atomic E-state index is 12.1. The van der Waals surface area contributed by atoms with Crippen LogP contribution in [-0.4, -0.2) is 56.0 Å². The average molecular weight is 356 g/mol. The zero-order valence-electron chi connectivity index (χ0n) is 14.9. The van der Waals surface area contributed by atoms with Crippen molar-refractivity contribution in [2.75, 3.05) is 18.0 Å². The monoisotopic (exact) mass is 356 g/mol. The Kier molecular flexibility index (Phi) is 4.58. The van der Waals surface area contributed by atoms with Gasteiger partial charge in [0.2, 0.25) is 5.91 Å². The average Bonchev–Trinajstić information content (AvgIpc) is 3.20. The first-order valence-corrected chi connectivity index (χ1v) is 9.11. The first kappa shape index (κ1) is 17.0. The Morgan fingerprint density at radius 1 is 1.38 bits per heavy atom. The molecule has 0 radical (unpaired) electrons. The highest BCUT2D eigenvalue weighted by molar-refractivity contribution is 5.76. The number of anilines is 1. The summed E-state index contributed by atoms with van der Waals surface area (Å²) in [5, 5.41) is 16.9. The van der Waals surface area contributed by atoms with Crippen LogP contribution in [0, 0.1) is 6.92 Å². The van der Waals surface area contributed by atoms with Crippen LogP contribution in [0.25, 0.3) is 0 Å². The molecule has 1 aliphatic carbocycles. The third-order valence-electron chi connectivity index (χ3n) is 5.30. The zero-order chi connectivity index (χ0) is 18.1. The van der Waals surface area contributed by atoms with Crippen LogP contribution in [0.4, 0.5) is 5.82 Å². The summed E-state index contributed by atoms with van der Waals surface area (Å²) in [6.07, 6.45) is 5.60. The summed E-state index contributed by atoms with van der Waals surface area (Å²) in [7, 11) is 0. The molecule has 0 bridgehead atoms. The number of aryl methyl sites for hydroxylation is 1. The highest BCUT2D eigenvalue weighted by Crippen LogP contribution is 2.36.